The zero-order valence-electron chi connectivity index (χ0n) is 21.9. The summed E-state index contributed by atoms with van der Waals surface area (Å²) in [6, 6.07) is 6.25. The minimum absolute atomic E-state index is 0.0353. The summed E-state index contributed by atoms with van der Waals surface area (Å²) in [5, 5.41) is 13.3. The maximum Gasteiger partial charge on any atom is 0.302 e. The summed E-state index contributed by atoms with van der Waals surface area (Å²) in [4.78, 5) is 50.8. The van der Waals surface area contributed by atoms with Crippen molar-refractivity contribution in [3.8, 4) is 11.3 Å². The SMILES string of the molecule is O=C(SNc1nc(-c2ccc([N+](=O)[O-])cc2)cs1)N1CCN(c2nc(N3CCCC3)nc(N3CCCC3)n2)CC1. The lowest BCUT2D eigenvalue weighted by Gasteiger charge is -2.35. The van der Waals surface area contributed by atoms with Crippen LogP contribution in [0.3, 0.4) is 0 Å². The topological polar surface area (TPSA) is 137 Å². The van der Waals surface area contributed by atoms with Gasteiger partial charge >= 0.3 is 5.24 Å². The maximum absolute atomic E-state index is 12.9. The number of aromatic nitrogens is 4. The van der Waals surface area contributed by atoms with Crippen LogP contribution in [0.2, 0.25) is 0 Å². The molecule has 0 saturated carbocycles. The summed E-state index contributed by atoms with van der Waals surface area (Å²) in [5.74, 6) is 2.22. The number of hydrogen-bond acceptors (Lipinski definition) is 13. The third-order valence-corrected chi connectivity index (χ3v) is 8.92. The van der Waals surface area contributed by atoms with Gasteiger partial charge in [-0.1, -0.05) is 0 Å². The Morgan fingerprint density at radius 3 is 1.85 bits per heavy atom. The lowest BCUT2D eigenvalue weighted by Crippen LogP contribution is -2.48. The Kier molecular flexibility index (Phi) is 7.82. The molecule has 13 nitrogen and oxygen atoms in total. The minimum atomic E-state index is -0.429. The van der Waals surface area contributed by atoms with Gasteiger partial charge in [0.25, 0.3) is 5.69 Å². The lowest BCUT2D eigenvalue weighted by molar-refractivity contribution is -0.384. The number of non-ortho nitro benzene ring substituents is 1. The fourth-order valence-electron chi connectivity index (χ4n) is 5.05. The third-order valence-electron chi connectivity index (χ3n) is 7.30. The predicted molar refractivity (Wildman–Crippen MR) is 157 cm³/mol. The van der Waals surface area contributed by atoms with Gasteiger partial charge in [-0.25, -0.2) is 4.98 Å². The van der Waals surface area contributed by atoms with Gasteiger partial charge in [0.1, 0.15) is 0 Å². The van der Waals surface area contributed by atoms with Crippen LogP contribution >= 0.6 is 23.3 Å². The summed E-state index contributed by atoms with van der Waals surface area (Å²) in [7, 11) is 0. The summed E-state index contributed by atoms with van der Waals surface area (Å²) < 4.78 is 3.05. The number of piperazine rings is 1. The molecule has 40 heavy (non-hydrogen) atoms. The summed E-state index contributed by atoms with van der Waals surface area (Å²) in [6.07, 6.45) is 4.63. The van der Waals surface area contributed by atoms with Crippen LogP contribution in [0.1, 0.15) is 25.7 Å². The van der Waals surface area contributed by atoms with Gasteiger partial charge < -0.3 is 19.6 Å². The largest absolute Gasteiger partial charge is 0.341 e. The van der Waals surface area contributed by atoms with Crippen LogP contribution in [0.4, 0.5) is 33.5 Å². The van der Waals surface area contributed by atoms with Crippen molar-refractivity contribution in [3.63, 3.8) is 0 Å². The normalized spacial score (nSPS) is 17.5. The molecular weight excluding hydrogens is 552 g/mol. The number of amides is 1. The number of thiazole rings is 1. The van der Waals surface area contributed by atoms with E-state index in [9.17, 15) is 14.9 Å². The number of nitrogens with zero attached hydrogens (tertiary/aromatic N) is 9. The third kappa shape index (κ3) is 5.89. The number of rotatable bonds is 7. The van der Waals surface area contributed by atoms with Crippen molar-refractivity contribution >= 4 is 57.2 Å². The molecule has 0 spiro atoms. The molecule has 0 radical (unpaired) electrons. The van der Waals surface area contributed by atoms with Crippen molar-refractivity contribution in [1.82, 2.24) is 24.8 Å². The van der Waals surface area contributed by atoms with Crippen molar-refractivity contribution in [2.45, 2.75) is 25.7 Å². The first kappa shape index (κ1) is 26.5. The van der Waals surface area contributed by atoms with E-state index >= 15 is 0 Å². The quantitative estimate of drug-likeness (QED) is 0.244. The zero-order valence-corrected chi connectivity index (χ0v) is 23.6. The Morgan fingerprint density at radius 2 is 1.32 bits per heavy atom. The molecule has 1 amide bonds. The second-order valence-electron chi connectivity index (χ2n) is 9.91. The maximum atomic E-state index is 12.9. The molecule has 6 rings (SSSR count). The molecule has 0 unspecified atom stereocenters. The van der Waals surface area contributed by atoms with Gasteiger partial charge in [-0.15, -0.1) is 11.3 Å². The monoisotopic (exact) mass is 582 g/mol. The highest BCUT2D eigenvalue weighted by Crippen LogP contribution is 2.29. The molecule has 15 heteroatoms. The van der Waals surface area contributed by atoms with E-state index < -0.39 is 4.92 Å². The molecule has 0 bridgehead atoms. The average molecular weight is 583 g/mol. The Labute approximate surface area is 239 Å². The summed E-state index contributed by atoms with van der Waals surface area (Å²) >= 11 is 2.39. The number of nitrogens with one attached hydrogen (secondary N) is 1. The van der Waals surface area contributed by atoms with Gasteiger partial charge in [-0.3, -0.25) is 19.6 Å². The summed E-state index contributed by atoms with van der Waals surface area (Å²) in [6.45, 7) is 6.35. The molecule has 1 N–H and O–H groups in total. The number of carbonyl (C=O) groups excluding carboxylic acids is 1. The fourth-order valence-corrected chi connectivity index (χ4v) is 6.46. The van der Waals surface area contributed by atoms with Crippen LogP contribution in [0.5, 0.6) is 0 Å². The van der Waals surface area contributed by atoms with E-state index in [1.165, 1.54) is 23.5 Å². The van der Waals surface area contributed by atoms with Crippen molar-refractivity contribution in [2.24, 2.45) is 0 Å². The standard InChI is InChI=1S/C25H30N10O3S2/c36-25(40-30-24-26-20(17-39-24)18-5-7-19(8-6-18)35(37)38)34-15-13-33(14-16-34)23-28-21(31-9-1-2-10-31)27-22(29-23)32-11-3-4-12-32/h5-8,17H,1-4,9-16H2,(H,26,30). The second kappa shape index (κ2) is 11.8. The van der Waals surface area contributed by atoms with Crippen LogP contribution in [0, 0.1) is 10.1 Å². The molecule has 0 atom stereocenters. The molecule has 3 aliphatic rings. The molecule has 3 fully saturated rings. The van der Waals surface area contributed by atoms with E-state index in [0.29, 0.717) is 43.0 Å². The van der Waals surface area contributed by atoms with Crippen LogP contribution in [0.15, 0.2) is 29.6 Å². The van der Waals surface area contributed by atoms with Crippen molar-refractivity contribution in [2.75, 3.05) is 71.8 Å². The first-order valence-electron chi connectivity index (χ1n) is 13.5. The Morgan fingerprint density at radius 1 is 0.800 bits per heavy atom. The number of benzene rings is 1. The second-order valence-corrected chi connectivity index (χ2v) is 11.5. The highest BCUT2D eigenvalue weighted by Gasteiger charge is 2.27. The number of carbonyl (C=O) groups is 1. The molecular formula is C25H30N10O3S2. The number of nitro benzene ring substituents is 1. The first-order valence-corrected chi connectivity index (χ1v) is 15.2. The van der Waals surface area contributed by atoms with E-state index in [1.807, 2.05) is 10.3 Å². The molecule has 210 valence electrons. The van der Waals surface area contributed by atoms with Gasteiger partial charge in [-0.05, 0) is 37.8 Å². The molecule has 0 aliphatic carbocycles. The van der Waals surface area contributed by atoms with Crippen LogP contribution in [0.25, 0.3) is 11.3 Å². The number of nitro groups is 1. The van der Waals surface area contributed by atoms with Crippen molar-refractivity contribution in [1.29, 1.82) is 0 Å². The van der Waals surface area contributed by atoms with Gasteiger partial charge in [0.05, 0.1) is 10.6 Å². The van der Waals surface area contributed by atoms with Gasteiger partial charge in [-0.2, -0.15) is 15.0 Å². The van der Waals surface area contributed by atoms with Gasteiger partial charge in [0.2, 0.25) is 17.8 Å². The van der Waals surface area contributed by atoms with Gasteiger partial charge in [0.15, 0.2) is 5.13 Å². The number of hydrogen-bond donors (Lipinski definition) is 1. The van der Waals surface area contributed by atoms with E-state index in [0.717, 1.165) is 81.3 Å². The summed E-state index contributed by atoms with van der Waals surface area (Å²) in [5.41, 5.74) is 1.51. The smallest absolute Gasteiger partial charge is 0.302 e. The molecule has 1 aromatic carbocycles. The van der Waals surface area contributed by atoms with E-state index in [2.05, 4.69) is 24.4 Å². The van der Waals surface area contributed by atoms with Crippen LogP contribution in [-0.4, -0.2) is 87.4 Å². The molecule has 3 saturated heterocycles. The van der Waals surface area contributed by atoms with Crippen molar-refractivity contribution in [3.05, 3.63) is 39.8 Å². The van der Waals surface area contributed by atoms with E-state index in [1.54, 1.807) is 12.1 Å². The Hall–Kier alpha value is -3.72. The van der Waals surface area contributed by atoms with E-state index in [4.69, 9.17) is 15.0 Å². The average Bonchev–Trinajstić information content (AvgIpc) is 3.79. The Bertz CT molecular complexity index is 1320. The minimum Gasteiger partial charge on any atom is -0.341 e. The van der Waals surface area contributed by atoms with E-state index in [-0.39, 0.29) is 10.9 Å². The number of anilines is 4. The molecule has 2 aromatic heterocycles. The fraction of sp³-hybridized carbons (Fsp3) is 0.480. The Balaban J connectivity index is 1.04. The van der Waals surface area contributed by atoms with Crippen LogP contribution in [-0.2, 0) is 0 Å². The predicted octanol–water partition coefficient (Wildman–Crippen LogP) is 4.11. The molecule has 5 heterocycles. The van der Waals surface area contributed by atoms with Crippen LogP contribution < -0.4 is 19.4 Å². The van der Waals surface area contributed by atoms with Gasteiger partial charge in [0, 0.05) is 87.4 Å². The first-order chi connectivity index (χ1) is 19.5. The molecule has 3 aliphatic heterocycles. The van der Waals surface area contributed by atoms with Crippen molar-refractivity contribution < 1.29 is 9.72 Å². The zero-order chi connectivity index (χ0) is 27.5. The highest BCUT2D eigenvalue weighted by molar-refractivity contribution is 8.14. The lowest BCUT2D eigenvalue weighted by atomic mass is 10.1. The molecule has 3 aromatic rings. The highest BCUT2D eigenvalue weighted by atomic mass is 32.2.